The number of rotatable bonds is 6. The summed E-state index contributed by atoms with van der Waals surface area (Å²) < 4.78 is 12.0. The summed E-state index contributed by atoms with van der Waals surface area (Å²) in [5.41, 5.74) is 1.26. The molecule has 1 heterocycles. The van der Waals surface area contributed by atoms with Gasteiger partial charge < -0.3 is 9.15 Å². The van der Waals surface area contributed by atoms with Gasteiger partial charge in [-0.05, 0) is 62.5 Å². The first-order chi connectivity index (χ1) is 10.6. The third kappa shape index (κ3) is 4.81. The van der Waals surface area contributed by atoms with Crippen molar-refractivity contribution in [2.75, 3.05) is 6.61 Å². The SMILES string of the molecule is CCCCOC(=O)c1ccc(N=Cc2cc(Br)c(Br)o2)cc1. The van der Waals surface area contributed by atoms with Crippen molar-refractivity contribution in [1.82, 2.24) is 0 Å². The van der Waals surface area contributed by atoms with Crippen molar-refractivity contribution >= 4 is 49.7 Å². The molecule has 0 saturated heterocycles. The van der Waals surface area contributed by atoms with Gasteiger partial charge in [-0.25, -0.2) is 4.79 Å². The van der Waals surface area contributed by atoms with Gasteiger partial charge >= 0.3 is 5.97 Å². The van der Waals surface area contributed by atoms with Crippen LogP contribution >= 0.6 is 31.9 Å². The van der Waals surface area contributed by atoms with Gasteiger partial charge in [-0.1, -0.05) is 13.3 Å². The van der Waals surface area contributed by atoms with Crippen LogP contribution in [0.5, 0.6) is 0 Å². The zero-order chi connectivity index (χ0) is 15.9. The number of hydrogen-bond acceptors (Lipinski definition) is 4. The van der Waals surface area contributed by atoms with Crippen molar-refractivity contribution in [2.45, 2.75) is 19.8 Å². The molecule has 0 aliphatic heterocycles. The number of furan rings is 1. The molecule has 22 heavy (non-hydrogen) atoms. The first-order valence-electron chi connectivity index (χ1n) is 6.86. The Morgan fingerprint density at radius 3 is 2.64 bits per heavy atom. The number of nitrogens with zero attached hydrogens (tertiary/aromatic N) is 1. The maximum absolute atomic E-state index is 11.8. The lowest BCUT2D eigenvalue weighted by molar-refractivity contribution is 0.0500. The van der Waals surface area contributed by atoms with Crippen molar-refractivity contribution in [3.63, 3.8) is 0 Å². The zero-order valence-corrected chi connectivity index (χ0v) is 15.2. The van der Waals surface area contributed by atoms with Crippen LogP contribution in [0.1, 0.15) is 35.9 Å². The summed E-state index contributed by atoms with van der Waals surface area (Å²) in [6.07, 6.45) is 3.49. The molecule has 0 spiro atoms. The van der Waals surface area contributed by atoms with E-state index in [0.717, 1.165) is 23.0 Å². The van der Waals surface area contributed by atoms with E-state index >= 15 is 0 Å². The summed E-state index contributed by atoms with van der Waals surface area (Å²) in [6, 6.07) is 8.75. The fourth-order valence-corrected chi connectivity index (χ4v) is 2.25. The first kappa shape index (κ1) is 17.0. The summed E-state index contributed by atoms with van der Waals surface area (Å²) in [6.45, 7) is 2.51. The van der Waals surface area contributed by atoms with E-state index < -0.39 is 0 Å². The number of esters is 1. The largest absolute Gasteiger partial charge is 0.462 e. The van der Waals surface area contributed by atoms with E-state index in [2.05, 4.69) is 43.8 Å². The number of halogens is 2. The lowest BCUT2D eigenvalue weighted by Crippen LogP contribution is -2.05. The molecule has 2 rings (SSSR count). The average molecular weight is 429 g/mol. The predicted octanol–water partition coefficient (Wildman–Crippen LogP) is 5.51. The Kier molecular flexibility index (Phi) is 6.39. The molecule has 0 N–H and O–H groups in total. The maximum Gasteiger partial charge on any atom is 0.338 e. The van der Waals surface area contributed by atoms with Crippen LogP contribution in [0.25, 0.3) is 0 Å². The van der Waals surface area contributed by atoms with Gasteiger partial charge in [0.1, 0.15) is 5.76 Å². The van der Waals surface area contributed by atoms with Crippen LogP contribution in [-0.2, 0) is 4.74 Å². The standard InChI is InChI=1S/C16H15Br2NO3/c1-2-3-8-21-16(20)11-4-6-12(7-5-11)19-10-13-9-14(17)15(18)22-13/h4-7,9-10H,2-3,8H2,1H3. The Morgan fingerprint density at radius 2 is 2.05 bits per heavy atom. The van der Waals surface area contributed by atoms with E-state index in [9.17, 15) is 4.79 Å². The summed E-state index contributed by atoms with van der Waals surface area (Å²) in [5, 5.41) is 0. The van der Waals surface area contributed by atoms with Gasteiger partial charge in [-0.2, -0.15) is 0 Å². The minimum atomic E-state index is -0.303. The van der Waals surface area contributed by atoms with Crippen LogP contribution in [0, 0.1) is 0 Å². The van der Waals surface area contributed by atoms with E-state index in [1.165, 1.54) is 0 Å². The Morgan fingerprint density at radius 1 is 1.32 bits per heavy atom. The minimum Gasteiger partial charge on any atom is -0.462 e. The number of carbonyl (C=O) groups is 1. The lowest BCUT2D eigenvalue weighted by atomic mass is 10.2. The zero-order valence-electron chi connectivity index (χ0n) is 12.0. The second kappa shape index (κ2) is 8.29. The van der Waals surface area contributed by atoms with Crippen LogP contribution in [0.4, 0.5) is 5.69 Å². The quantitative estimate of drug-likeness (QED) is 0.346. The molecule has 4 nitrogen and oxygen atoms in total. The summed E-state index contributed by atoms with van der Waals surface area (Å²) in [5.74, 6) is 0.324. The molecule has 2 aromatic rings. The highest BCUT2D eigenvalue weighted by molar-refractivity contribution is 9.13. The predicted molar refractivity (Wildman–Crippen MR) is 93.0 cm³/mol. The molecule has 1 aromatic heterocycles. The number of aliphatic imine (C=N–C) groups is 1. The Bertz CT molecular complexity index is 643. The van der Waals surface area contributed by atoms with Gasteiger partial charge in [0.15, 0.2) is 4.67 Å². The fourth-order valence-electron chi connectivity index (χ4n) is 1.64. The van der Waals surface area contributed by atoms with Crippen LogP contribution < -0.4 is 0 Å². The van der Waals surface area contributed by atoms with Gasteiger partial charge in [0, 0.05) is 6.07 Å². The van der Waals surface area contributed by atoms with Gasteiger partial charge in [-0.15, -0.1) is 0 Å². The van der Waals surface area contributed by atoms with E-state index in [4.69, 9.17) is 9.15 Å². The highest BCUT2D eigenvalue weighted by Gasteiger charge is 2.06. The second-order valence-corrected chi connectivity index (χ2v) is 6.14. The molecule has 0 aliphatic rings. The summed E-state index contributed by atoms with van der Waals surface area (Å²) in [4.78, 5) is 16.1. The maximum atomic E-state index is 11.8. The molecule has 0 aliphatic carbocycles. The van der Waals surface area contributed by atoms with Gasteiger partial charge in [-0.3, -0.25) is 4.99 Å². The summed E-state index contributed by atoms with van der Waals surface area (Å²) in [7, 11) is 0. The average Bonchev–Trinajstić information content (AvgIpc) is 2.84. The number of hydrogen-bond donors (Lipinski definition) is 0. The van der Waals surface area contributed by atoms with Crippen LogP contribution in [-0.4, -0.2) is 18.8 Å². The van der Waals surface area contributed by atoms with Gasteiger partial charge in [0.2, 0.25) is 0 Å². The fraction of sp³-hybridized carbons (Fsp3) is 0.250. The molecule has 0 fully saturated rings. The molecular weight excluding hydrogens is 414 g/mol. The molecule has 0 amide bonds. The Labute approximate surface area is 145 Å². The highest BCUT2D eigenvalue weighted by Crippen LogP contribution is 2.26. The third-order valence-corrected chi connectivity index (χ3v) is 4.55. The number of benzene rings is 1. The molecule has 0 bridgehead atoms. The molecule has 0 unspecified atom stereocenters. The molecule has 0 saturated carbocycles. The van der Waals surface area contributed by atoms with E-state index in [1.54, 1.807) is 30.5 Å². The highest BCUT2D eigenvalue weighted by atomic mass is 79.9. The molecule has 6 heteroatoms. The van der Waals surface area contributed by atoms with Crippen molar-refractivity contribution in [3.8, 4) is 0 Å². The molecular formula is C16H15Br2NO3. The third-order valence-electron chi connectivity index (χ3n) is 2.84. The van der Waals surface area contributed by atoms with Gasteiger partial charge in [0.05, 0.1) is 28.5 Å². The van der Waals surface area contributed by atoms with Crippen molar-refractivity contribution in [3.05, 3.63) is 50.8 Å². The number of carbonyl (C=O) groups excluding carboxylic acids is 1. The molecule has 116 valence electrons. The molecule has 0 radical (unpaired) electrons. The van der Waals surface area contributed by atoms with E-state index in [-0.39, 0.29) is 5.97 Å². The van der Waals surface area contributed by atoms with E-state index in [1.807, 2.05) is 6.07 Å². The topological polar surface area (TPSA) is 51.8 Å². The van der Waals surface area contributed by atoms with Crippen molar-refractivity contribution in [2.24, 2.45) is 4.99 Å². The van der Waals surface area contributed by atoms with E-state index in [0.29, 0.717) is 22.6 Å². The second-order valence-electron chi connectivity index (χ2n) is 4.56. The Balaban J connectivity index is 1.98. The van der Waals surface area contributed by atoms with Crippen molar-refractivity contribution < 1.29 is 13.9 Å². The number of unbranched alkanes of at least 4 members (excludes halogenated alkanes) is 1. The van der Waals surface area contributed by atoms with Crippen molar-refractivity contribution in [1.29, 1.82) is 0 Å². The molecule has 1 aromatic carbocycles. The van der Waals surface area contributed by atoms with Crippen LogP contribution in [0.3, 0.4) is 0 Å². The van der Waals surface area contributed by atoms with Gasteiger partial charge in [0.25, 0.3) is 0 Å². The molecule has 0 atom stereocenters. The monoisotopic (exact) mass is 427 g/mol. The Hall–Kier alpha value is -1.40. The summed E-state index contributed by atoms with van der Waals surface area (Å²) >= 11 is 6.61. The first-order valence-corrected chi connectivity index (χ1v) is 8.45. The minimum absolute atomic E-state index is 0.303. The van der Waals surface area contributed by atoms with Crippen LogP contribution in [0.15, 0.2) is 48.9 Å². The number of ether oxygens (including phenoxy) is 1. The smallest absolute Gasteiger partial charge is 0.338 e. The van der Waals surface area contributed by atoms with Crippen LogP contribution in [0.2, 0.25) is 0 Å². The normalized spacial score (nSPS) is 11.0. The lowest BCUT2D eigenvalue weighted by Gasteiger charge is -2.03.